The summed E-state index contributed by atoms with van der Waals surface area (Å²) in [6.07, 6.45) is 11.9. The molecule has 3 aromatic rings. The van der Waals surface area contributed by atoms with Gasteiger partial charge in [0.25, 0.3) is 0 Å². The highest BCUT2D eigenvalue weighted by molar-refractivity contribution is 5.99. The molecule has 2 N–H and O–H groups in total. The van der Waals surface area contributed by atoms with Gasteiger partial charge in [-0.05, 0) is 31.6 Å². The zero-order chi connectivity index (χ0) is 19.1. The van der Waals surface area contributed by atoms with Crippen LogP contribution in [0.4, 0.5) is 11.8 Å². The van der Waals surface area contributed by atoms with Crippen LogP contribution in [0.5, 0.6) is 0 Å². The highest BCUT2D eigenvalue weighted by Gasteiger charge is 2.25. The first-order valence-corrected chi connectivity index (χ1v) is 9.98. The molecule has 4 heterocycles. The first-order valence-electron chi connectivity index (χ1n) is 9.98. The third-order valence-electron chi connectivity index (χ3n) is 5.70. The predicted molar refractivity (Wildman–Crippen MR) is 108 cm³/mol. The Balaban J connectivity index is 1.56. The molecule has 0 radical (unpaired) electrons. The van der Waals surface area contributed by atoms with Crippen LogP contribution in [0.3, 0.4) is 0 Å². The summed E-state index contributed by atoms with van der Waals surface area (Å²) in [6, 6.07) is 0.511. The molecule has 8 nitrogen and oxygen atoms in total. The molecule has 0 spiro atoms. The highest BCUT2D eigenvalue weighted by Crippen LogP contribution is 2.34. The summed E-state index contributed by atoms with van der Waals surface area (Å²) in [4.78, 5) is 16.5. The number of nitrogens with zero attached hydrogens (tertiary/aromatic N) is 6. The van der Waals surface area contributed by atoms with Gasteiger partial charge in [-0.3, -0.25) is 4.68 Å². The largest absolute Gasteiger partial charge is 0.396 e. The van der Waals surface area contributed by atoms with Gasteiger partial charge in [-0.2, -0.15) is 5.10 Å². The minimum Gasteiger partial charge on any atom is -0.396 e. The number of aromatic nitrogens is 5. The summed E-state index contributed by atoms with van der Waals surface area (Å²) in [5.74, 6) is 1.99. The van der Waals surface area contributed by atoms with Crippen molar-refractivity contribution in [2.24, 2.45) is 13.0 Å². The molecule has 2 aliphatic rings. The van der Waals surface area contributed by atoms with Crippen LogP contribution in [-0.2, 0) is 7.05 Å². The smallest absolute Gasteiger partial charge is 0.225 e. The van der Waals surface area contributed by atoms with E-state index in [1.165, 1.54) is 12.8 Å². The molecule has 28 heavy (non-hydrogen) atoms. The van der Waals surface area contributed by atoms with Crippen molar-refractivity contribution in [3.8, 4) is 11.1 Å². The van der Waals surface area contributed by atoms with Crippen molar-refractivity contribution < 1.29 is 5.11 Å². The van der Waals surface area contributed by atoms with Crippen molar-refractivity contribution in [2.45, 2.75) is 31.7 Å². The third kappa shape index (κ3) is 3.28. The first-order chi connectivity index (χ1) is 13.7. The molecule has 5 rings (SSSR count). The fraction of sp³-hybridized carbons (Fsp3) is 0.500. The van der Waals surface area contributed by atoms with E-state index < -0.39 is 0 Å². The number of anilines is 2. The molecular formula is C20H25N7O. The Hall–Kier alpha value is -2.74. The lowest BCUT2D eigenvalue weighted by Crippen LogP contribution is -2.35. The van der Waals surface area contributed by atoms with Gasteiger partial charge in [0.1, 0.15) is 5.82 Å². The first kappa shape index (κ1) is 17.4. The zero-order valence-electron chi connectivity index (χ0n) is 16.0. The number of rotatable bonds is 5. The number of pyridine rings is 1. The van der Waals surface area contributed by atoms with Crippen molar-refractivity contribution in [1.82, 2.24) is 24.7 Å². The molecule has 0 atom stereocenters. The predicted octanol–water partition coefficient (Wildman–Crippen LogP) is 2.21. The minimum atomic E-state index is 0.263. The molecule has 0 aromatic carbocycles. The fourth-order valence-corrected chi connectivity index (χ4v) is 3.79. The molecule has 0 amide bonds. The molecule has 8 heteroatoms. The van der Waals surface area contributed by atoms with E-state index in [1.54, 1.807) is 4.68 Å². The number of nitrogens with one attached hydrogen (secondary N) is 1. The molecule has 1 saturated heterocycles. The van der Waals surface area contributed by atoms with Crippen molar-refractivity contribution in [1.29, 1.82) is 0 Å². The Morgan fingerprint density at radius 1 is 1.11 bits per heavy atom. The summed E-state index contributed by atoms with van der Waals surface area (Å²) < 4.78 is 1.79. The number of hydrogen-bond donors (Lipinski definition) is 2. The van der Waals surface area contributed by atoms with E-state index in [9.17, 15) is 5.11 Å². The van der Waals surface area contributed by atoms with Gasteiger partial charge in [-0.1, -0.05) is 0 Å². The van der Waals surface area contributed by atoms with Gasteiger partial charge < -0.3 is 15.3 Å². The van der Waals surface area contributed by atoms with E-state index in [1.807, 2.05) is 31.8 Å². The van der Waals surface area contributed by atoms with Crippen molar-refractivity contribution in [2.75, 3.05) is 29.9 Å². The lowest BCUT2D eigenvalue weighted by Gasteiger charge is -2.31. The average Bonchev–Trinajstić information content (AvgIpc) is 3.45. The second-order valence-corrected chi connectivity index (χ2v) is 7.89. The molecule has 2 fully saturated rings. The molecule has 0 unspecified atom stereocenters. The normalized spacial score (nSPS) is 18.0. The Morgan fingerprint density at radius 3 is 2.61 bits per heavy atom. The summed E-state index contributed by atoms with van der Waals surface area (Å²) in [5.41, 5.74) is 2.88. The van der Waals surface area contributed by atoms with Crippen LogP contribution in [0.15, 0.2) is 24.8 Å². The Morgan fingerprint density at radius 2 is 1.93 bits per heavy atom. The highest BCUT2D eigenvalue weighted by atomic mass is 16.3. The number of piperidine rings is 1. The third-order valence-corrected chi connectivity index (χ3v) is 5.70. The molecule has 1 aliphatic carbocycles. The zero-order valence-corrected chi connectivity index (χ0v) is 16.0. The van der Waals surface area contributed by atoms with Crippen LogP contribution in [0.1, 0.15) is 25.7 Å². The van der Waals surface area contributed by atoms with Crippen LogP contribution in [0.2, 0.25) is 0 Å². The Labute approximate surface area is 163 Å². The average molecular weight is 379 g/mol. The Bertz CT molecular complexity index is 989. The van der Waals surface area contributed by atoms with Crippen molar-refractivity contribution >= 4 is 22.7 Å². The van der Waals surface area contributed by atoms with Gasteiger partial charge in [-0.15, -0.1) is 0 Å². The van der Waals surface area contributed by atoms with Gasteiger partial charge >= 0.3 is 0 Å². The lowest BCUT2D eigenvalue weighted by atomic mass is 9.98. The minimum absolute atomic E-state index is 0.263. The van der Waals surface area contributed by atoms with Gasteiger partial charge in [0, 0.05) is 62.5 Å². The van der Waals surface area contributed by atoms with E-state index in [0.29, 0.717) is 12.0 Å². The van der Waals surface area contributed by atoms with Crippen molar-refractivity contribution in [3.05, 3.63) is 24.8 Å². The number of aliphatic hydroxyl groups excluding tert-OH is 1. The van der Waals surface area contributed by atoms with E-state index in [-0.39, 0.29) is 6.61 Å². The second-order valence-electron chi connectivity index (χ2n) is 7.89. The van der Waals surface area contributed by atoms with Crippen LogP contribution in [0.25, 0.3) is 22.0 Å². The molecular weight excluding hydrogens is 354 g/mol. The van der Waals surface area contributed by atoms with E-state index in [0.717, 1.165) is 59.7 Å². The summed E-state index contributed by atoms with van der Waals surface area (Å²) in [5, 5.41) is 18.1. The van der Waals surface area contributed by atoms with Gasteiger partial charge in [0.05, 0.1) is 17.1 Å². The van der Waals surface area contributed by atoms with Crippen LogP contribution in [0, 0.1) is 5.92 Å². The quantitative estimate of drug-likeness (QED) is 0.702. The SMILES string of the molecule is Cn1cc(-c2cnc(NC3CC3)c3cnc(N4CCC(CO)CC4)nc23)cn1. The maximum Gasteiger partial charge on any atom is 0.225 e. The van der Waals surface area contributed by atoms with Crippen LogP contribution >= 0.6 is 0 Å². The molecule has 3 aromatic heterocycles. The van der Waals surface area contributed by atoms with Crippen LogP contribution in [-0.4, -0.2) is 55.6 Å². The molecule has 0 bridgehead atoms. The molecule has 146 valence electrons. The molecule has 1 saturated carbocycles. The van der Waals surface area contributed by atoms with Gasteiger partial charge in [-0.25, -0.2) is 15.0 Å². The number of fused-ring (bicyclic) bond motifs is 1. The number of aryl methyl sites for hydroxylation is 1. The number of aliphatic hydroxyl groups is 1. The monoisotopic (exact) mass is 379 g/mol. The standard InChI is InChI=1S/C20H25N7O/c1-26-11-14(8-23-26)16-9-21-19(24-15-2-3-15)17-10-22-20(25-18(16)17)27-6-4-13(12-28)5-7-27/h8-11,13,15,28H,2-7,12H2,1H3,(H,21,24). The maximum atomic E-state index is 9.39. The van der Waals surface area contributed by atoms with Gasteiger partial charge in [0.2, 0.25) is 5.95 Å². The van der Waals surface area contributed by atoms with E-state index in [4.69, 9.17) is 4.98 Å². The maximum absolute atomic E-state index is 9.39. The molecule has 1 aliphatic heterocycles. The fourth-order valence-electron chi connectivity index (χ4n) is 3.79. The second kappa shape index (κ2) is 7.01. The van der Waals surface area contributed by atoms with E-state index in [2.05, 4.69) is 25.3 Å². The summed E-state index contributed by atoms with van der Waals surface area (Å²) in [6.45, 7) is 2.01. The van der Waals surface area contributed by atoms with Crippen molar-refractivity contribution in [3.63, 3.8) is 0 Å². The van der Waals surface area contributed by atoms with E-state index >= 15 is 0 Å². The summed E-state index contributed by atoms with van der Waals surface area (Å²) >= 11 is 0. The summed E-state index contributed by atoms with van der Waals surface area (Å²) in [7, 11) is 1.91. The van der Waals surface area contributed by atoms with Crippen LogP contribution < -0.4 is 10.2 Å². The topological polar surface area (TPSA) is 92.0 Å². The van der Waals surface area contributed by atoms with Gasteiger partial charge in [0.15, 0.2) is 0 Å². The Kier molecular flexibility index (Phi) is 4.35. The lowest BCUT2D eigenvalue weighted by molar-refractivity contribution is 0.202. The number of hydrogen-bond acceptors (Lipinski definition) is 7.